The zero-order valence-electron chi connectivity index (χ0n) is 36.0. The first-order valence-electron chi connectivity index (χ1n) is 21.8. The van der Waals surface area contributed by atoms with Crippen molar-refractivity contribution in [2.45, 2.75) is 75.9 Å². The Kier molecular flexibility index (Phi) is 15.2. The van der Waals surface area contributed by atoms with E-state index in [9.17, 15) is 29.9 Å². The predicted octanol–water partition coefficient (Wildman–Crippen LogP) is 9.30. The van der Waals surface area contributed by atoms with Crippen molar-refractivity contribution in [3.63, 3.8) is 0 Å². The van der Waals surface area contributed by atoms with Crippen LogP contribution in [0, 0.1) is 27.9 Å². The number of allylic oxidation sites excluding steroid dienone is 1. The molecule has 14 heteroatoms. The Hall–Kier alpha value is -6.35. The molecule has 3 aliphatic rings. The van der Waals surface area contributed by atoms with E-state index in [1.807, 2.05) is 48.5 Å². The predicted molar refractivity (Wildman–Crippen MR) is 239 cm³/mol. The molecule has 6 unspecified atom stereocenters. The summed E-state index contributed by atoms with van der Waals surface area (Å²) < 4.78 is 26.5. The van der Waals surface area contributed by atoms with Gasteiger partial charge in [-0.2, -0.15) is 0 Å². The maximum atomic E-state index is 14.2. The van der Waals surface area contributed by atoms with Crippen LogP contribution in [0.15, 0.2) is 127 Å². The monoisotopic (exact) mass is 873 g/mol. The zero-order chi connectivity index (χ0) is 45.1. The van der Waals surface area contributed by atoms with E-state index in [1.165, 1.54) is 17.0 Å². The summed E-state index contributed by atoms with van der Waals surface area (Å²) in [5, 5.41) is 36.0. The topological polar surface area (TPSA) is 179 Å². The number of nitro benzene ring substituents is 1. The van der Waals surface area contributed by atoms with Crippen LogP contribution in [0.4, 0.5) is 10.5 Å². The standard InChI is InChI=1S/C50H55N3O11/c1-3-26-61-50-46(52(2)49(57)60-32-34-12-5-4-6-13-34)30-44(51-62-33-35-18-20-38(21-19-35)53(58)59)42-28-37(15-7-9-24-54)41(17-8-10-25-55)47(48(42)50)43-29-40(22-23-45(43)64-50)63-39-16-11-14-36(27-39)31-56/h3-6,11-14,16,18-23,27-29,31,37,41,46-48,54-55H,1,7-10,15,17,24-26,30,32-33H2,2H3. The van der Waals surface area contributed by atoms with Gasteiger partial charge >= 0.3 is 6.09 Å². The number of oxime groups is 1. The van der Waals surface area contributed by atoms with E-state index in [2.05, 4.69) is 12.7 Å². The molecule has 64 heavy (non-hydrogen) atoms. The van der Waals surface area contributed by atoms with Gasteiger partial charge in [0.1, 0.15) is 42.8 Å². The fraction of sp³-hybridized carbons (Fsp3) is 0.380. The second-order valence-corrected chi connectivity index (χ2v) is 16.4. The molecule has 2 aliphatic carbocycles. The molecule has 1 aliphatic heterocycles. The number of hydrogen-bond donors (Lipinski definition) is 2. The van der Waals surface area contributed by atoms with Crippen molar-refractivity contribution in [1.29, 1.82) is 0 Å². The van der Waals surface area contributed by atoms with Crippen LogP contribution in [0.5, 0.6) is 17.2 Å². The molecule has 0 radical (unpaired) electrons. The minimum atomic E-state index is -1.50. The summed E-state index contributed by atoms with van der Waals surface area (Å²) in [6.45, 7) is 4.23. The first-order chi connectivity index (χ1) is 31.2. The van der Waals surface area contributed by atoms with E-state index in [0.29, 0.717) is 46.9 Å². The highest BCUT2D eigenvalue weighted by molar-refractivity contribution is 6.03. The van der Waals surface area contributed by atoms with Gasteiger partial charge in [0.15, 0.2) is 0 Å². The Balaban J connectivity index is 1.38. The van der Waals surface area contributed by atoms with E-state index in [4.69, 9.17) is 28.9 Å². The number of benzene rings is 4. The molecule has 0 spiro atoms. The van der Waals surface area contributed by atoms with Crippen molar-refractivity contribution < 1.29 is 48.5 Å². The fourth-order valence-corrected chi connectivity index (χ4v) is 9.43. The number of aliphatic hydroxyl groups excluding tert-OH is 2. The van der Waals surface area contributed by atoms with Crippen molar-refractivity contribution >= 4 is 23.8 Å². The van der Waals surface area contributed by atoms with Crippen LogP contribution < -0.4 is 9.47 Å². The number of nitrogens with zero attached hydrogens (tertiary/aromatic N) is 3. The highest BCUT2D eigenvalue weighted by atomic mass is 16.7. The number of carbonyl (C=O) groups excluding carboxylic acids is 2. The number of amides is 1. The normalized spacial score (nSPS) is 22.5. The van der Waals surface area contributed by atoms with Crippen molar-refractivity contribution in [3.05, 3.63) is 154 Å². The van der Waals surface area contributed by atoms with Gasteiger partial charge in [-0.3, -0.25) is 14.9 Å². The summed E-state index contributed by atoms with van der Waals surface area (Å²) >= 11 is 0. The molecule has 4 aromatic rings. The summed E-state index contributed by atoms with van der Waals surface area (Å²) in [5.74, 6) is -0.861. The van der Waals surface area contributed by atoms with E-state index < -0.39 is 28.8 Å². The second-order valence-electron chi connectivity index (χ2n) is 16.4. The number of aliphatic hydroxyl groups is 2. The third-order valence-electron chi connectivity index (χ3n) is 12.4. The molecule has 14 nitrogen and oxygen atoms in total. The average molecular weight is 874 g/mol. The smallest absolute Gasteiger partial charge is 0.410 e. The molecular formula is C50H55N3O11. The minimum absolute atomic E-state index is 0.0108. The average Bonchev–Trinajstić information content (AvgIpc) is 3.31. The molecule has 0 aromatic heterocycles. The van der Waals surface area contributed by atoms with Crippen LogP contribution >= 0.6 is 0 Å². The molecule has 7 rings (SSSR count). The highest BCUT2D eigenvalue weighted by Gasteiger charge is 2.65. The molecule has 1 amide bonds. The summed E-state index contributed by atoms with van der Waals surface area (Å²) in [5.41, 5.74) is 4.21. The number of rotatable bonds is 21. The van der Waals surface area contributed by atoms with Gasteiger partial charge in [-0.15, -0.1) is 6.58 Å². The molecule has 1 heterocycles. The number of hydrogen-bond acceptors (Lipinski definition) is 12. The lowest BCUT2D eigenvalue weighted by atomic mass is 9.55. The third-order valence-corrected chi connectivity index (χ3v) is 12.4. The largest absolute Gasteiger partial charge is 0.459 e. The summed E-state index contributed by atoms with van der Waals surface area (Å²) in [4.78, 5) is 44.4. The summed E-state index contributed by atoms with van der Waals surface area (Å²) in [6, 6.07) is 27.2. The number of ether oxygens (including phenoxy) is 4. The van der Waals surface area contributed by atoms with Gasteiger partial charge in [0.05, 0.1) is 23.2 Å². The first kappa shape index (κ1) is 45.7. The van der Waals surface area contributed by atoms with Crippen molar-refractivity contribution in [2.24, 2.45) is 22.9 Å². The van der Waals surface area contributed by atoms with Gasteiger partial charge in [-0.05, 0) is 96.7 Å². The number of unbranched alkanes of at least 4 members (excludes halogenated alkanes) is 2. The zero-order valence-corrected chi connectivity index (χ0v) is 36.0. The van der Waals surface area contributed by atoms with E-state index in [0.717, 1.165) is 48.7 Å². The van der Waals surface area contributed by atoms with E-state index in [-0.39, 0.29) is 62.9 Å². The van der Waals surface area contributed by atoms with Gasteiger partial charge in [0.25, 0.3) is 5.69 Å². The van der Waals surface area contributed by atoms with Crippen molar-refractivity contribution in [2.75, 3.05) is 26.9 Å². The van der Waals surface area contributed by atoms with Gasteiger partial charge in [-0.1, -0.05) is 72.6 Å². The van der Waals surface area contributed by atoms with Gasteiger partial charge in [0.2, 0.25) is 5.79 Å². The van der Waals surface area contributed by atoms with Crippen LogP contribution in [0.25, 0.3) is 0 Å². The number of aldehydes is 1. The molecule has 1 fully saturated rings. The van der Waals surface area contributed by atoms with Gasteiger partial charge in [0, 0.05) is 55.9 Å². The molecule has 2 N–H and O–H groups in total. The lowest BCUT2D eigenvalue weighted by Crippen LogP contribution is -2.69. The molecule has 0 bridgehead atoms. The Morgan fingerprint density at radius 1 is 0.938 bits per heavy atom. The van der Waals surface area contributed by atoms with E-state index in [1.54, 1.807) is 49.5 Å². The maximum absolute atomic E-state index is 14.2. The Bertz CT molecular complexity index is 2320. The van der Waals surface area contributed by atoms with Crippen LogP contribution in [-0.4, -0.2) is 76.8 Å². The molecule has 1 saturated carbocycles. The maximum Gasteiger partial charge on any atom is 0.410 e. The summed E-state index contributed by atoms with van der Waals surface area (Å²) in [6.07, 6.45) is 8.43. The third kappa shape index (κ3) is 10.2. The molecule has 4 aromatic carbocycles. The number of carbonyl (C=O) groups is 2. The molecular weight excluding hydrogens is 819 g/mol. The molecule has 0 saturated heterocycles. The second kappa shape index (κ2) is 21.3. The number of nitro groups is 1. The highest BCUT2D eigenvalue weighted by Crippen LogP contribution is 2.62. The van der Waals surface area contributed by atoms with Gasteiger partial charge < -0.3 is 38.9 Å². The van der Waals surface area contributed by atoms with Crippen molar-refractivity contribution in [3.8, 4) is 17.2 Å². The first-order valence-corrected chi connectivity index (χ1v) is 21.8. The van der Waals surface area contributed by atoms with Crippen LogP contribution in [0.3, 0.4) is 0 Å². The van der Waals surface area contributed by atoms with Crippen LogP contribution in [0.1, 0.15) is 77.9 Å². The molecule has 336 valence electrons. The summed E-state index contributed by atoms with van der Waals surface area (Å²) in [7, 11) is 1.67. The van der Waals surface area contributed by atoms with Crippen LogP contribution in [0.2, 0.25) is 0 Å². The molecule has 6 atom stereocenters. The fourth-order valence-electron chi connectivity index (χ4n) is 9.43. The van der Waals surface area contributed by atoms with E-state index >= 15 is 0 Å². The lowest BCUT2D eigenvalue weighted by Gasteiger charge is -2.59. The van der Waals surface area contributed by atoms with Gasteiger partial charge in [-0.25, -0.2) is 4.79 Å². The number of non-ortho nitro benzene ring substituents is 1. The quantitative estimate of drug-likeness (QED) is 0.0268. The Morgan fingerprint density at radius 3 is 2.39 bits per heavy atom. The van der Waals surface area contributed by atoms with Crippen molar-refractivity contribution in [1.82, 2.24) is 4.90 Å². The SMILES string of the molecule is C=CCOC12Oc3ccc(Oc4cccc(C=O)c4)cc3C3C(CCCCO)C(CCCCO)C=C(C(=NOCc4ccc([N+](=O)[O-])cc4)CC1N(C)C(=O)OCc1ccccc1)C32. The number of fused-ring (bicyclic) bond motifs is 2. The Morgan fingerprint density at radius 2 is 1.67 bits per heavy atom. The lowest BCUT2D eigenvalue weighted by molar-refractivity contribution is -0.384. The minimum Gasteiger partial charge on any atom is -0.459 e. The number of likely N-dealkylation sites (N-methyl/N-ethyl adjacent to an activating group) is 1. The van der Waals surface area contributed by atoms with Crippen LogP contribution in [-0.2, 0) is 27.5 Å². The Labute approximate surface area is 372 Å².